The smallest absolute Gasteiger partial charge is 0.161 e. The van der Waals surface area contributed by atoms with E-state index in [4.69, 9.17) is 0 Å². The fourth-order valence-corrected chi connectivity index (χ4v) is 4.87. The molecule has 5 aromatic rings. The van der Waals surface area contributed by atoms with E-state index in [0.717, 1.165) is 34.8 Å². The van der Waals surface area contributed by atoms with Gasteiger partial charge in [0.2, 0.25) is 0 Å². The summed E-state index contributed by atoms with van der Waals surface area (Å²) >= 11 is 0. The lowest BCUT2D eigenvalue weighted by Gasteiger charge is -2.14. The molecule has 0 atom stereocenters. The predicted molar refractivity (Wildman–Crippen MR) is 137 cm³/mol. The van der Waals surface area contributed by atoms with Gasteiger partial charge in [0.15, 0.2) is 5.75 Å². The minimum Gasteiger partial charge on any atom is -0.744 e. The van der Waals surface area contributed by atoms with Crippen molar-refractivity contribution < 1.29 is 31.0 Å². The number of azo groups is 1. The van der Waals surface area contributed by atoms with Crippen molar-refractivity contribution in [2.45, 2.75) is 9.79 Å². The highest BCUT2D eigenvalue weighted by Crippen LogP contribution is 2.41. The number of phenols is 1. The molecule has 0 saturated carbocycles. The number of nitrogens with one attached hydrogen (secondary N) is 1. The molecule has 2 N–H and O–H groups in total. The summed E-state index contributed by atoms with van der Waals surface area (Å²) in [5.41, 5.74) is 2.55. The number of nitrogens with zero attached hydrogens (tertiary/aromatic N) is 3. The Morgan fingerprint density at radius 1 is 0.842 bits per heavy atom. The summed E-state index contributed by atoms with van der Waals surface area (Å²) < 4.78 is 69.2. The van der Waals surface area contributed by atoms with Crippen LogP contribution in [0.2, 0.25) is 0 Å². The summed E-state index contributed by atoms with van der Waals surface area (Å²) in [7, 11) is -10.0. The van der Waals surface area contributed by atoms with Gasteiger partial charge in [-0.25, -0.2) is 21.8 Å². The van der Waals surface area contributed by atoms with Gasteiger partial charge in [0.1, 0.15) is 31.7 Å². The number of hydrogen-bond donors (Lipinski definition) is 2. The van der Waals surface area contributed by atoms with Gasteiger partial charge in [-0.3, -0.25) is 0 Å². The van der Waals surface area contributed by atoms with E-state index in [2.05, 4.69) is 20.2 Å². The molecule has 5 rings (SSSR count). The standard InChI is InChI=1S/C25H18N4O7S2/c30-25-22(38(34,35)36)14-16-13-18(37(31,32)33)10-11-19(16)24(25)29-28-17-8-5-15(6-9-17)7-12-23-26-20-3-1-2-4-21(20)27-23/h1-14,30H,(H,26,27)(H,31,32,33)(H,34,35,36)/p-2/b12-7+,29-28?. The van der Waals surface area contributed by atoms with Crippen LogP contribution in [0.5, 0.6) is 5.75 Å². The second kappa shape index (κ2) is 9.46. The van der Waals surface area contributed by atoms with Crippen molar-refractivity contribution in [2.24, 2.45) is 10.2 Å². The molecule has 0 saturated heterocycles. The van der Waals surface area contributed by atoms with E-state index in [1.165, 1.54) is 6.07 Å². The van der Waals surface area contributed by atoms with Crippen molar-refractivity contribution in [1.29, 1.82) is 0 Å². The molecule has 1 heterocycles. The summed E-state index contributed by atoms with van der Waals surface area (Å²) in [5, 5.41) is 18.4. The van der Waals surface area contributed by atoms with Gasteiger partial charge in [-0.15, -0.1) is 5.11 Å². The molecule has 1 aromatic heterocycles. The minimum atomic E-state index is -5.17. The SMILES string of the molecule is O=S(=O)([O-])c1ccc2c(N=Nc3ccc(/C=C/c4nc5ccccc5[nH]4)cc3)c(O)c(S(=O)(=O)[O-])cc2c1. The van der Waals surface area contributed by atoms with Gasteiger partial charge in [0.25, 0.3) is 0 Å². The molecule has 0 aliphatic rings. The van der Waals surface area contributed by atoms with Crippen LogP contribution >= 0.6 is 0 Å². The van der Waals surface area contributed by atoms with Crippen molar-refractivity contribution in [2.75, 3.05) is 0 Å². The monoisotopic (exact) mass is 548 g/mol. The number of H-pyrrole nitrogens is 1. The van der Waals surface area contributed by atoms with Crippen molar-refractivity contribution in [3.8, 4) is 5.75 Å². The normalized spacial score (nSPS) is 12.8. The zero-order valence-electron chi connectivity index (χ0n) is 19.1. The van der Waals surface area contributed by atoms with Gasteiger partial charge >= 0.3 is 0 Å². The van der Waals surface area contributed by atoms with Gasteiger partial charge < -0.3 is 19.2 Å². The summed E-state index contributed by atoms with van der Waals surface area (Å²) in [5.74, 6) is -0.266. The van der Waals surface area contributed by atoms with Crippen LogP contribution in [0.25, 0.3) is 34.0 Å². The largest absolute Gasteiger partial charge is 0.744 e. The van der Waals surface area contributed by atoms with Crippen molar-refractivity contribution in [1.82, 2.24) is 9.97 Å². The number of aromatic hydroxyl groups is 1. The van der Waals surface area contributed by atoms with Gasteiger partial charge in [-0.2, -0.15) is 5.11 Å². The molecule has 0 aliphatic heterocycles. The topological polar surface area (TPSA) is 188 Å². The number of aromatic amines is 1. The Morgan fingerprint density at radius 3 is 2.26 bits per heavy atom. The summed E-state index contributed by atoms with van der Waals surface area (Å²) in [4.78, 5) is 6.00. The highest BCUT2D eigenvalue weighted by molar-refractivity contribution is 7.86. The molecule has 4 aromatic carbocycles. The third-order valence-corrected chi connectivity index (χ3v) is 7.26. The number of phenolic OH excluding ortho intramolecular Hbond substituents is 1. The first-order valence-electron chi connectivity index (χ1n) is 10.9. The van der Waals surface area contributed by atoms with E-state index < -0.39 is 35.8 Å². The number of imidazole rings is 1. The molecule has 0 spiro atoms. The second-order valence-corrected chi connectivity index (χ2v) is 10.9. The molecule has 0 radical (unpaired) electrons. The number of aromatic nitrogens is 2. The first kappa shape index (κ1) is 25.2. The molecule has 0 fully saturated rings. The Kier molecular flexibility index (Phi) is 6.28. The summed E-state index contributed by atoms with van der Waals surface area (Å²) in [6.07, 6.45) is 3.65. The zero-order valence-corrected chi connectivity index (χ0v) is 20.8. The maximum Gasteiger partial charge on any atom is 0.161 e. The van der Waals surface area contributed by atoms with E-state index in [9.17, 15) is 31.0 Å². The Bertz CT molecular complexity index is 1950. The first-order chi connectivity index (χ1) is 18.0. The molecule has 38 heavy (non-hydrogen) atoms. The number of fused-ring (bicyclic) bond motifs is 2. The fraction of sp³-hybridized carbons (Fsp3) is 0. The van der Waals surface area contributed by atoms with E-state index in [1.807, 2.05) is 36.4 Å². The maximum absolute atomic E-state index is 11.7. The van der Waals surface area contributed by atoms with E-state index in [0.29, 0.717) is 11.5 Å². The molecule has 0 amide bonds. The Morgan fingerprint density at radius 2 is 1.58 bits per heavy atom. The molecule has 0 aliphatic carbocycles. The molecular weight excluding hydrogens is 532 g/mol. The lowest BCUT2D eigenvalue weighted by Crippen LogP contribution is -2.01. The lowest BCUT2D eigenvalue weighted by atomic mass is 10.1. The number of para-hydroxylation sites is 2. The van der Waals surface area contributed by atoms with Crippen LogP contribution in [0.4, 0.5) is 11.4 Å². The Hall–Kier alpha value is -4.43. The van der Waals surface area contributed by atoms with Gasteiger partial charge in [0.05, 0.1) is 26.5 Å². The van der Waals surface area contributed by atoms with Crippen LogP contribution in [0, 0.1) is 0 Å². The van der Waals surface area contributed by atoms with Crippen molar-refractivity contribution >= 4 is 65.6 Å². The molecule has 192 valence electrons. The second-order valence-electron chi connectivity index (χ2n) is 8.13. The van der Waals surface area contributed by atoms with Crippen LogP contribution in [-0.2, 0) is 20.2 Å². The van der Waals surface area contributed by atoms with Gasteiger partial charge in [-0.1, -0.05) is 36.4 Å². The molecule has 0 unspecified atom stereocenters. The third-order valence-electron chi connectivity index (χ3n) is 5.58. The highest BCUT2D eigenvalue weighted by atomic mass is 32.2. The minimum absolute atomic E-state index is 0.0800. The maximum atomic E-state index is 11.7. The summed E-state index contributed by atoms with van der Waals surface area (Å²) in [6.45, 7) is 0. The summed E-state index contributed by atoms with van der Waals surface area (Å²) in [6, 6.07) is 18.2. The zero-order chi connectivity index (χ0) is 27.1. The average Bonchev–Trinajstić information content (AvgIpc) is 3.29. The van der Waals surface area contributed by atoms with Crippen LogP contribution < -0.4 is 0 Å². The number of hydrogen-bond acceptors (Lipinski definition) is 10. The van der Waals surface area contributed by atoms with Crippen molar-refractivity contribution in [3.63, 3.8) is 0 Å². The third kappa shape index (κ3) is 5.17. The number of rotatable bonds is 6. The van der Waals surface area contributed by atoms with Crippen LogP contribution in [-0.4, -0.2) is 41.0 Å². The Labute approximate surface area is 216 Å². The Balaban J connectivity index is 1.47. The number of benzene rings is 4. The van der Waals surface area contributed by atoms with E-state index >= 15 is 0 Å². The first-order valence-corrected chi connectivity index (χ1v) is 13.7. The van der Waals surface area contributed by atoms with Crippen LogP contribution in [0.3, 0.4) is 0 Å². The molecule has 0 bridgehead atoms. The predicted octanol–water partition coefficient (Wildman–Crippen LogP) is 4.82. The van der Waals surface area contributed by atoms with Crippen molar-refractivity contribution in [3.05, 3.63) is 84.2 Å². The van der Waals surface area contributed by atoms with Crippen LogP contribution in [0.1, 0.15) is 11.4 Å². The highest BCUT2D eigenvalue weighted by Gasteiger charge is 2.18. The molecular formula is C25H16N4O7S2-2. The molecule has 11 nitrogen and oxygen atoms in total. The fourth-order valence-electron chi connectivity index (χ4n) is 3.76. The van der Waals surface area contributed by atoms with Gasteiger partial charge in [-0.05, 0) is 59.5 Å². The van der Waals surface area contributed by atoms with Crippen LogP contribution in [0.15, 0.2) is 92.8 Å². The lowest BCUT2D eigenvalue weighted by molar-refractivity contribution is 0.436. The van der Waals surface area contributed by atoms with E-state index in [-0.39, 0.29) is 16.5 Å². The van der Waals surface area contributed by atoms with Gasteiger partial charge in [0, 0.05) is 5.39 Å². The molecule has 13 heteroatoms. The quantitative estimate of drug-likeness (QED) is 0.223. The van der Waals surface area contributed by atoms with E-state index in [1.54, 1.807) is 24.3 Å². The average molecular weight is 549 g/mol.